The molecule has 1 aromatic heterocycles. The summed E-state index contributed by atoms with van der Waals surface area (Å²) >= 11 is 13.1. The van der Waals surface area contributed by atoms with Gasteiger partial charge in [-0.2, -0.15) is 0 Å². The number of likely N-dealkylation sites (tertiary alicyclic amines) is 1. The molecule has 1 fully saturated rings. The molecule has 1 aromatic rings. The summed E-state index contributed by atoms with van der Waals surface area (Å²) in [6.07, 6.45) is 1.16. The molecular weight excluding hydrogens is 277 g/mol. The van der Waals surface area contributed by atoms with E-state index in [-0.39, 0.29) is 5.78 Å². The molecule has 2 heterocycles. The van der Waals surface area contributed by atoms with E-state index in [1.165, 1.54) is 11.3 Å². The van der Waals surface area contributed by atoms with Crippen LogP contribution in [0, 0.1) is 5.92 Å². The van der Waals surface area contributed by atoms with Crippen molar-refractivity contribution >= 4 is 40.3 Å². The third-order valence-electron chi connectivity index (χ3n) is 3.22. The van der Waals surface area contributed by atoms with Crippen LogP contribution in [-0.4, -0.2) is 29.8 Å². The highest BCUT2D eigenvalue weighted by Crippen LogP contribution is 2.32. The Kier molecular flexibility index (Phi) is 4.14. The molecule has 2 atom stereocenters. The summed E-state index contributed by atoms with van der Waals surface area (Å²) < 4.78 is 1.07. The fourth-order valence-electron chi connectivity index (χ4n) is 2.41. The van der Waals surface area contributed by atoms with Crippen LogP contribution in [0.2, 0.25) is 8.67 Å². The lowest BCUT2D eigenvalue weighted by atomic mass is 10.1. The second-order valence-corrected chi connectivity index (χ2v) is 7.07. The van der Waals surface area contributed by atoms with E-state index in [1.807, 2.05) is 0 Å². The Morgan fingerprint density at radius 3 is 2.71 bits per heavy atom. The van der Waals surface area contributed by atoms with Crippen molar-refractivity contribution in [3.8, 4) is 0 Å². The van der Waals surface area contributed by atoms with Gasteiger partial charge in [0.25, 0.3) is 0 Å². The Morgan fingerprint density at radius 2 is 2.24 bits per heavy atom. The van der Waals surface area contributed by atoms with E-state index in [1.54, 1.807) is 6.07 Å². The van der Waals surface area contributed by atoms with Gasteiger partial charge in [0.15, 0.2) is 5.78 Å². The molecule has 5 heteroatoms. The van der Waals surface area contributed by atoms with E-state index in [2.05, 4.69) is 18.7 Å². The maximum absolute atomic E-state index is 12.1. The standard InChI is InChI=1S/C12H15Cl2NOS/c1-7-3-8(2)15(5-7)6-10(16)9-4-11(13)17-12(9)14/h4,7-8H,3,5-6H2,1-2H3. The van der Waals surface area contributed by atoms with Gasteiger partial charge >= 0.3 is 0 Å². The van der Waals surface area contributed by atoms with Crippen molar-refractivity contribution in [3.63, 3.8) is 0 Å². The monoisotopic (exact) mass is 291 g/mol. The SMILES string of the molecule is CC1CC(C)N(CC(=O)c2cc(Cl)sc2Cl)C1. The van der Waals surface area contributed by atoms with Crippen molar-refractivity contribution in [1.82, 2.24) is 4.90 Å². The Balaban J connectivity index is 2.05. The fraction of sp³-hybridized carbons (Fsp3) is 0.583. The van der Waals surface area contributed by atoms with Crippen LogP contribution in [0.5, 0.6) is 0 Å². The summed E-state index contributed by atoms with van der Waals surface area (Å²) in [5.41, 5.74) is 0.563. The van der Waals surface area contributed by atoms with E-state index >= 15 is 0 Å². The van der Waals surface area contributed by atoms with Crippen molar-refractivity contribution < 1.29 is 4.79 Å². The zero-order valence-electron chi connectivity index (χ0n) is 9.87. The van der Waals surface area contributed by atoms with E-state index in [4.69, 9.17) is 23.2 Å². The zero-order chi connectivity index (χ0) is 12.6. The molecule has 0 bridgehead atoms. The van der Waals surface area contributed by atoms with Gasteiger partial charge in [-0.05, 0) is 25.3 Å². The number of hydrogen-bond acceptors (Lipinski definition) is 3. The van der Waals surface area contributed by atoms with Gasteiger partial charge in [-0.1, -0.05) is 30.1 Å². The summed E-state index contributed by atoms with van der Waals surface area (Å²) in [7, 11) is 0. The summed E-state index contributed by atoms with van der Waals surface area (Å²) in [4.78, 5) is 14.3. The number of nitrogens with zero attached hydrogens (tertiary/aromatic N) is 1. The largest absolute Gasteiger partial charge is 0.293 e. The zero-order valence-corrected chi connectivity index (χ0v) is 12.2. The molecule has 0 aromatic carbocycles. The molecule has 2 rings (SSSR count). The molecule has 0 N–H and O–H groups in total. The first-order valence-corrected chi connectivity index (χ1v) is 7.26. The topological polar surface area (TPSA) is 20.3 Å². The van der Waals surface area contributed by atoms with Crippen molar-refractivity contribution in [2.24, 2.45) is 5.92 Å². The summed E-state index contributed by atoms with van der Waals surface area (Å²) in [6.45, 7) is 5.81. The lowest BCUT2D eigenvalue weighted by molar-refractivity contribution is 0.0925. The third kappa shape index (κ3) is 3.02. The first-order chi connectivity index (χ1) is 7.97. The minimum atomic E-state index is 0.0686. The molecule has 1 aliphatic heterocycles. The van der Waals surface area contributed by atoms with E-state index < -0.39 is 0 Å². The van der Waals surface area contributed by atoms with Gasteiger partial charge in [0.2, 0.25) is 0 Å². The van der Waals surface area contributed by atoms with Crippen LogP contribution < -0.4 is 0 Å². The average Bonchev–Trinajstić information content (AvgIpc) is 2.70. The first-order valence-electron chi connectivity index (χ1n) is 5.69. The van der Waals surface area contributed by atoms with Crippen LogP contribution >= 0.6 is 34.5 Å². The highest BCUT2D eigenvalue weighted by atomic mass is 35.5. The number of thiophene rings is 1. The van der Waals surface area contributed by atoms with Gasteiger partial charge in [-0.3, -0.25) is 9.69 Å². The molecule has 0 amide bonds. The highest BCUT2D eigenvalue weighted by molar-refractivity contribution is 7.20. The number of hydrogen-bond donors (Lipinski definition) is 0. The molecule has 17 heavy (non-hydrogen) atoms. The molecule has 1 saturated heterocycles. The first kappa shape index (κ1) is 13.3. The van der Waals surface area contributed by atoms with Gasteiger partial charge < -0.3 is 0 Å². The molecule has 0 radical (unpaired) electrons. The predicted octanol–water partition coefficient (Wildman–Crippen LogP) is 3.97. The average molecular weight is 292 g/mol. The van der Waals surface area contributed by atoms with Crippen LogP contribution in [0.25, 0.3) is 0 Å². The molecule has 0 saturated carbocycles. The second-order valence-electron chi connectivity index (χ2n) is 4.78. The smallest absolute Gasteiger partial charge is 0.179 e. The van der Waals surface area contributed by atoms with Gasteiger partial charge in [0, 0.05) is 12.6 Å². The Labute approximate surface area is 116 Å². The maximum atomic E-state index is 12.1. The van der Waals surface area contributed by atoms with Gasteiger partial charge in [-0.25, -0.2) is 0 Å². The Hall–Kier alpha value is -0.0900. The number of carbonyl (C=O) groups is 1. The Bertz CT molecular complexity index is 432. The van der Waals surface area contributed by atoms with Crippen molar-refractivity contribution in [2.75, 3.05) is 13.1 Å². The van der Waals surface area contributed by atoms with Crippen molar-refractivity contribution in [3.05, 3.63) is 20.3 Å². The Morgan fingerprint density at radius 1 is 1.53 bits per heavy atom. The summed E-state index contributed by atoms with van der Waals surface area (Å²) in [5, 5.41) is 0. The predicted molar refractivity (Wildman–Crippen MR) is 73.5 cm³/mol. The van der Waals surface area contributed by atoms with Gasteiger partial charge in [0.1, 0.15) is 4.34 Å². The third-order valence-corrected chi connectivity index (χ3v) is 4.70. The normalized spacial score (nSPS) is 25.4. The van der Waals surface area contributed by atoms with Crippen molar-refractivity contribution in [1.29, 1.82) is 0 Å². The van der Waals surface area contributed by atoms with Crippen LogP contribution in [0.3, 0.4) is 0 Å². The van der Waals surface area contributed by atoms with Crippen LogP contribution in [0.15, 0.2) is 6.07 Å². The van der Waals surface area contributed by atoms with Crippen LogP contribution in [-0.2, 0) is 0 Å². The number of ketones is 1. The molecule has 1 aliphatic rings. The lowest BCUT2D eigenvalue weighted by Gasteiger charge is -2.19. The van der Waals surface area contributed by atoms with E-state index in [0.717, 1.165) is 13.0 Å². The van der Waals surface area contributed by atoms with Crippen molar-refractivity contribution in [2.45, 2.75) is 26.3 Å². The van der Waals surface area contributed by atoms with E-state index in [9.17, 15) is 4.79 Å². The van der Waals surface area contributed by atoms with Gasteiger partial charge in [0.05, 0.1) is 16.4 Å². The van der Waals surface area contributed by atoms with Crippen LogP contribution in [0.4, 0.5) is 0 Å². The summed E-state index contributed by atoms with van der Waals surface area (Å²) in [6, 6.07) is 2.14. The minimum absolute atomic E-state index is 0.0686. The second kappa shape index (κ2) is 5.27. The molecule has 2 nitrogen and oxygen atoms in total. The van der Waals surface area contributed by atoms with Crippen LogP contribution in [0.1, 0.15) is 30.6 Å². The highest BCUT2D eigenvalue weighted by Gasteiger charge is 2.28. The molecule has 0 aliphatic carbocycles. The minimum Gasteiger partial charge on any atom is -0.293 e. The number of rotatable bonds is 3. The molecule has 94 valence electrons. The summed E-state index contributed by atoms with van der Waals surface area (Å²) in [5.74, 6) is 0.735. The van der Waals surface area contributed by atoms with Gasteiger partial charge in [-0.15, -0.1) is 11.3 Å². The molecule has 0 spiro atoms. The van der Waals surface area contributed by atoms with E-state index in [0.29, 0.717) is 32.7 Å². The number of Topliss-reactive ketones (excluding diaryl/α,β-unsaturated/α-hetero) is 1. The number of carbonyl (C=O) groups excluding carboxylic acids is 1. The maximum Gasteiger partial charge on any atom is 0.179 e. The molecule has 2 unspecified atom stereocenters. The molecular formula is C12H15Cl2NOS. The number of halogens is 2. The quantitative estimate of drug-likeness (QED) is 0.786. The fourth-order valence-corrected chi connectivity index (χ4v) is 3.91. The lowest BCUT2D eigenvalue weighted by Crippen LogP contribution is -2.32.